The second kappa shape index (κ2) is 6.22. The molecular formula is C15H19BrF2N2O3. The van der Waals surface area contributed by atoms with Crippen molar-refractivity contribution in [3.8, 4) is 0 Å². The number of piperidine rings is 1. The molecule has 1 fully saturated rings. The SMILES string of the molecule is CC(C)(C)OC(=O)N1CCC(F)(F)C(c2c[nH]c(=O)c(Br)c2)C1. The summed E-state index contributed by atoms with van der Waals surface area (Å²) < 4.78 is 34.0. The van der Waals surface area contributed by atoms with Crippen LogP contribution in [0.2, 0.25) is 0 Å². The molecular weight excluding hydrogens is 374 g/mol. The average molecular weight is 393 g/mol. The van der Waals surface area contributed by atoms with Gasteiger partial charge in [-0.1, -0.05) is 0 Å². The van der Waals surface area contributed by atoms with Crippen molar-refractivity contribution in [3.63, 3.8) is 0 Å². The second-order valence-electron chi connectivity index (χ2n) is 6.60. The first-order valence-corrected chi connectivity index (χ1v) is 8.03. The molecule has 1 N–H and O–H groups in total. The zero-order valence-electron chi connectivity index (χ0n) is 13.2. The molecule has 1 unspecified atom stereocenters. The van der Waals surface area contributed by atoms with E-state index >= 15 is 0 Å². The summed E-state index contributed by atoms with van der Waals surface area (Å²) in [6, 6.07) is 1.37. The molecule has 0 bridgehead atoms. The van der Waals surface area contributed by atoms with E-state index in [1.807, 2.05) is 0 Å². The van der Waals surface area contributed by atoms with E-state index in [1.54, 1.807) is 20.8 Å². The number of hydrogen-bond acceptors (Lipinski definition) is 3. The Hall–Kier alpha value is -1.44. The number of H-pyrrole nitrogens is 1. The van der Waals surface area contributed by atoms with Crippen LogP contribution in [0.15, 0.2) is 21.5 Å². The van der Waals surface area contributed by atoms with Crippen molar-refractivity contribution < 1.29 is 18.3 Å². The topological polar surface area (TPSA) is 62.4 Å². The van der Waals surface area contributed by atoms with Crippen LogP contribution in [0.25, 0.3) is 0 Å². The third-order valence-corrected chi connectivity index (χ3v) is 4.15. The van der Waals surface area contributed by atoms with Gasteiger partial charge in [-0.3, -0.25) is 4.79 Å². The van der Waals surface area contributed by atoms with Crippen molar-refractivity contribution in [3.05, 3.63) is 32.7 Å². The van der Waals surface area contributed by atoms with Crippen molar-refractivity contribution in [2.45, 2.75) is 44.6 Å². The number of ether oxygens (including phenoxy) is 1. The first kappa shape index (κ1) is 17.9. The largest absolute Gasteiger partial charge is 0.444 e. The van der Waals surface area contributed by atoms with Crippen molar-refractivity contribution >= 4 is 22.0 Å². The summed E-state index contributed by atoms with van der Waals surface area (Å²) in [6.07, 6.45) is 0.208. The number of nitrogens with zero attached hydrogens (tertiary/aromatic N) is 1. The maximum atomic E-state index is 14.3. The molecule has 2 rings (SSSR count). The second-order valence-corrected chi connectivity index (χ2v) is 7.45. The fraction of sp³-hybridized carbons (Fsp3) is 0.600. The van der Waals surface area contributed by atoms with Crippen molar-refractivity contribution in [1.82, 2.24) is 9.88 Å². The Morgan fingerprint density at radius 1 is 1.48 bits per heavy atom. The lowest BCUT2D eigenvalue weighted by Crippen LogP contribution is -2.49. The molecule has 1 amide bonds. The summed E-state index contributed by atoms with van der Waals surface area (Å²) in [4.78, 5) is 27.2. The highest BCUT2D eigenvalue weighted by Crippen LogP contribution is 2.40. The number of carbonyl (C=O) groups excluding carboxylic acids is 1. The third kappa shape index (κ3) is 4.31. The van der Waals surface area contributed by atoms with Gasteiger partial charge in [-0.2, -0.15) is 0 Å². The van der Waals surface area contributed by atoms with E-state index in [-0.39, 0.29) is 23.1 Å². The summed E-state index contributed by atoms with van der Waals surface area (Å²) in [5.74, 6) is -4.16. The van der Waals surface area contributed by atoms with E-state index in [1.165, 1.54) is 17.2 Å². The molecule has 0 radical (unpaired) electrons. The molecule has 1 atom stereocenters. The maximum Gasteiger partial charge on any atom is 0.410 e. The quantitative estimate of drug-likeness (QED) is 0.795. The summed E-state index contributed by atoms with van der Waals surface area (Å²) in [7, 11) is 0. The maximum absolute atomic E-state index is 14.3. The van der Waals surface area contributed by atoms with Crippen molar-refractivity contribution in [1.29, 1.82) is 0 Å². The molecule has 5 nitrogen and oxygen atoms in total. The van der Waals surface area contributed by atoms with E-state index < -0.39 is 35.5 Å². The number of hydrogen-bond donors (Lipinski definition) is 1. The molecule has 1 aromatic heterocycles. The number of pyridine rings is 1. The summed E-state index contributed by atoms with van der Waals surface area (Å²) in [5.41, 5.74) is -0.806. The van der Waals surface area contributed by atoms with E-state index in [0.717, 1.165) is 0 Å². The van der Waals surface area contributed by atoms with Crippen LogP contribution in [-0.2, 0) is 4.74 Å². The Labute approximate surface area is 141 Å². The van der Waals surface area contributed by atoms with Gasteiger partial charge in [0.05, 0.1) is 10.4 Å². The number of carbonyl (C=O) groups is 1. The van der Waals surface area contributed by atoms with E-state index in [0.29, 0.717) is 0 Å². The van der Waals surface area contributed by atoms with Crippen LogP contribution in [0, 0.1) is 0 Å². The predicted octanol–water partition coefficient (Wildman–Crippen LogP) is 3.50. The Bertz CT molecular complexity index is 655. The lowest BCUT2D eigenvalue weighted by Gasteiger charge is -2.39. The highest BCUT2D eigenvalue weighted by molar-refractivity contribution is 9.10. The highest BCUT2D eigenvalue weighted by atomic mass is 79.9. The van der Waals surface area contributed by atoms with Gasteiger partial charge in [0.1, 0.15) is 5.60 Å². The van der Waals surface area contributed by atoms with E-state index in [9.17, 15) is 18.4 Å². The van der Waals surface area contributed by atoms with Crippen LogP contribution in [0.3, 0.4) is 0 Å². The number of alkyl halides is 2. The summed E-state index contributed by atoms with van der Waals surface area (Å²) in [6.45, 7) is 4.93. The molecule has 1 aliphatic heterocycles. The number of amides is 1. The standard InChI is InChI=1S/C15H19BrF2N2O3/c1-14(2,3)23-13(22)20-5-4-15(17,18)10(8-20)9-6-11(16)12(21)19-7-9/h6-7,10H,4-5,8H2,1-3H3,(H,19,21). The number of halogens is 3. The number of aromatic nitrogens is 1. The van der Waals surface area contributed by atoms with Gasteiger partial charge in [0.25, 0.3) is 11.5 Å². The number of nitrogens with one attached hydrogen (secondary N) is 1. The minimum absolute atomic E-state index is 0.0665. The lowest BCUT2D eigenvalue weighted by atomic mass is 9.88. The molecule has 0 aromatic carbocycles. The van der Waals surface area contributed by atoms with E-state index in [2.05, 4.69) is 20.9 Å². The fourth-order valence-electron chi connectivity index (χ4n) is 2.42. The van der Waals surface area contributed by atoms with Crippen LogP contribution >= 0.6 is 15.9 Å². The lowest BCUT2D eigenvalue weighted by molar-refractivity contribution is -0.0771. The molecule has 0 saturated carbocycles. The molecule has 0 aliphatic carbocycles. The van der Waals surface area contributed by atoms with Gasteiger partial charge in [0.15, 0.2) is 0 Å². The molecule has 128 valence electrons. The van der Waals surface area contributed by atoms with Gasteiger partial charge in [-0.15, -0.1) is 0 Å². The molecule has 2 heterocycles. The summed E-state index contributed by atoms with van der Waals surface area (Å²) >= 11 is 3.04. The van der Waals surface area contributed by atoms with E-state index in [4.69, 9.17) is 4.74 Å². The Morgan fingerprint density at radius 3 is 2.70 bits per heavy atom. The van der Waals surface area contributed by atoms with Gasteiger partial charge in [-0.25, -0.2) is 13.6 Å². The third-order valence-electron chi connectivity index (χ3n) is 3.56. The Kier molecular flexibility index (Phi) is 4.84. The Morgan fingerprint density at radius 2 is 2.13 bits per heavy atom. The van der Waals surface area contributed by atoms with Crippen LogP contribution in [0.4, 0.5) is 13.6 Å². The van der Waals surface area contributed by atoms with Crippen LogP contribution in [-0.4, -0.2) is 40.6 Å². The van der Waals surface area contributed by atoms with Crippen molar-refractivity contribution in [2.24, 2.45) is 0 Å². The number of likely N-dealkylation sites (tertiary alicyclic amines) is 1. The van der Waals surface area contributed by atoms with Gasteiger partial charge in [-0.05, 0) is 48.3 Å². The minimum Gasteiger partial charge on any atom is -0.444 e. The molecule has 8 heteroatoms. The zero-order chi connectivity index (χ0) is 17.4. The average Bonchev–Trinajstić information content (AvgIpc) is 2.39. The highest BCUT2D eigenvalue weighted by Gasteiger charge is 2.46. The monoisotopic (exact) mass is 392 g/mol. The normalized spacial score (nSPS) is 21.1. The first-order chi connectivity index (χ1) is 10.5. The van der Waals surface area contributed by atoms with Crippen molar-refractivity contribution in [2.75, 3.05) is 13.1 Å². The smallest absolute Gasteiger partial charge is 0.410 e. The summed E-state index contributed by atoms with van der Waals surface area (Å²) in [5, 5.41) is 0. The van der Waals surface area contributed by atoms with Crippen LogP contribution < -0.4 is 5.56 Å². The molecule has 0 spiro atoms. The van der Waals surface area contributed by atoms with Gasteiger partial charge in [0.2, 0.25) is 0 Å². The van der Waals surface area contributed by atoms with Crippen LogP contribution in [0.1, 0.15) is 38.7 Å². The van der Waals surface area contributed by atoms with Gasteiger partial charge >= 0.3 is 6.09 Å². The Balaban J connectivity index is 2.24. The number of rotatable bonds is 1. The fourth-order valence-corrected chi connectivity index (χ4v) is 2.80. The molecule has 1 aliphatic rings. The minimum atomic E-state index is -2.96. The zero-order valence-corrected chi connectivity index (χ0v) is 14.7. The van der Waals surface area contributed by atoms with Gasteiger partial charge < -0.3 is 14.6 Å². The number of aromatic amines is 1. The molecule has 1 aromatic rings. The predicted molar refractivity (Wildman–Crippen MR) is 84.9 cm³/mol. The van der Waals surface area contributed by atoms with Gasteiger partial charge in [0, 0.05) is 25.7 Å². The van der Waals surface area contributed by atoms with Crippen LogP contribution in [0.5, 0.6) is 0 Å². The molecule has 1 saturated heterocycles. The molecule has 23 heavy (non-hydrogen) atoms. The first-order valence-electron chi connectivity index (χ1n) is 7.23.